The molecule has 1 aromatic heterocycles. The first kappa shape index (κ1) is 23.2. The predicted octanol–water partition coefficient (Wildman–Crippen LogP) is 3.01. The van der Waals surface area contributed by atoms with Crippen LogP contribution in [0.3, 0.4) is 0 Å². The maximum absolute atomic E-state index is 13.0. The van der Waals surface area contributed by atoms with Gasteiger partial charge in [0.25, 0.3) is 0 Å². The van der Waals surface area contributed by atoms with Crippen LogP contribution in [-0.2, 0) is 27.2 Å². The molecule has 1 saturated carbocycles. The number of fused-ring (bicyclic) bond motifs is 1. The van der Waals surface area contributed by atoms with Crippen LogP contribution in [0.5, 0.6) is 5.75 Å². The first-order chi connectivity index (χ1) is 16.5. The fourth-order valence-corrected chi connectivity index (χ4v) is 4.91. The maximum atomic E-state index is 13.0. The van der Waals surface area contributed by atoms with Crippen LogP contribution < -0.4 is 9.64 Å². The number of aromatic nitrogens is 1. The van der Waals surface area contributed by atoms with Crippen LogP contribution in [-0.4, -0.2) is 66.8 Å². The molecule has 3 heterocycles. The van der Waals surface area contributed by atoms with Crippen molar-refractivity contribution in [3.8, 4) is 5.75 Å². The smallest absolute Gasteiger partial charge is 0.410 e. The molecule has 1 spiro atoms. The maximum Gasteiger partial charge on any atom is 0.420 e. The van der Waals surface area contributed by atoms with Gasteiger partial charge in [0.2, 0.25) is 6.29 Å². The van der Waals surface area contributed by atoms with E-state index in [9.17, 15) is 9.90 Å². The van der Waals surface area contributed by atoms with Gasteiger partial charge >= 0.3 is 6.09 Å². The average Bonchev–Trinajstić information content (AvgIpc) is 3.62. The van der Waals surface area contributed by atoms with Crippen molar-refractivity contribution in [2.45, 2.75) is 50.3 Å². The van der Waals surface area contributed by atoms with Crippen LogP contribution in [0.1, 0.15) is 42.4 Å². The number of aryl methyl sites for hydroxylation is 1. The van der Waals surface area contributed by atoms with Crippen LogP contribution in [0, 0.1) is 0 Å². The molecule has 34 heavy (non-hydrogen) atoms. The lowest BCUT2D eigenvalue weighted by Gasteiger charge is -2.40. The number of ether oxygens (including phenoxy) is 4. The number of aliphatic hydroxyl groups is 1. The van der Waals surface area contributed by atoms with E-state index in [1.54, 1.807) is 31.3 Å². The fraction of sp³-hybridized carbons (Fsp3) is 0.520. The highest BCUT2D eigenvalue weighted by atomic mass is 16.7. The summed E-state index contributed by atoms with van der Waals surface area (Å²) in [5.74, 6) is 1.05. The van der Waals surface area contributed by atoms with Crippen molar-refractivity contribution in [2.24, 2.45) is 0 Å². The molecule has 9 heteroatoms. The molecule has 2 aliphatic heterocycles. The minimum atomic E-state index is -0.706. The minimum absolute atomic E-state index is 0.119. The van der Waals surface area contributed by atoms with Gasteiger partial charge in [0.1, 0.15) is 23.5 Å². The quantitative estimate of drug-likeness (QED) is 0.646. The van der Waals surface area contributed by atoms with Crippen LogP contribution in [0.15, 0.2) is 36.4 Å². The summed E-state index contributed by atoms with van der Waals surface area (Å²) in [7, 11) is 3.12. The topological polar surface area (TPSA) is 93.6 Å². The number of nitrogens with zero attached hydrogens (tertiary/aromatic N) is 3. The predicted molar refractivity (Wildman–Crippen MR) is 123 cm³/mol. The van der Waals surface area contributed by atoms with Crippen LogP contribution in [0.2, 0.25) is 0 Å². The van der Waals surface area contributed by atoms with E-state index in [2.05, 4.69) is 11.0 Å². The van der Waals surface area contributed by atoms with E-state index in [0.717, 1.165) is 36.8 Å². The van der Waals surface area contributed by atoms with E-state index in [4.69, 9.17) is 23.9 Å². The van der Waals surface area contributed by atoms with Gasteiger partial charge in [-0.05, 0) is 55.0 Å². The van der Waals surface area contributed by atoms with Crippen molar-refractivity contribution in [2.75, 3.05) is 38.9 Å². The monoisotopic (exact) mass is 469 g/mol. The molecule has 1 aliphatic carbocycles. The highest BCUT2D eigenvalue weighted by Crippen LogP contribution is 2.46. The first-order valence-electron chi connectivity index (χ1n) is 11.7. The van der Waals surface area contributed by atoms with E-state index >= 15 is 0 Å². The largest absolute Gasteiger partial charge is 0.420 e. The normalized spacial score (nSPS) is 21.5. The first-order valence-corrected chi connectivity index (χ1v) is 11.7. The zero-order valence-corrected chi connectivity index (χ0v) is 19.6. The number of carbonyl (C=O) groups excluding carboxylic acids is 1. The molecule has 3 aliphatic rings. The van der Waals surface area contributed by atoms with Gasteiger partial charge < -0.3 is 24.1 Å². The highest BCUT2D eigenvalue weighted by molar-refractivity contribution is 5.89. The van der Waals surface area contributed by atoms with Crippen LogP contribution >= 0.6 is 0 Å². The molecule has 2 fully saturated rings. The van der Waals surface area contributed by atoms with Gasteiger partial charge in [0.15, 0.2) is 0 Å². The second kappa shape index (κ2) is 9.59. The molecular weight excluding hydrogens is 438 g/mol. The molecule has 1 unspecified atom stereocenters. The lowest BCUT2D eigenvalue weighted by Crippen LogP contribution is -2.53. The Balaban J connectivity index is 1.48. The van der Waals surface area contributed by atoms with Gasteiger partial charge in [0.05, 0.1) is 13.2 Å². The van der Waals surface area contributed by atoms with Crippen LogP contribution in [0.25, 0.3) is 0 Å². The molecular formula is C25H31N3O6. The number of amides is 1. The average molecular weight is 470 g/mol. The fourth-order valence-electron chi connectivity index (χ4n) is 4.91. The number of para-hydroxylation sites is 1. The molecule has 1 atom stereocenters. The summed E-state index contributed by atoms with van der Waals surface area (Å²) in [4.78, 5) is 21.6. The number of hydrogen-bond acceptors (Lipinski definition) is 8. The number of benzene rings is 1. The molecule has 1 saturated heterocycles. The third kappa shape index (κ3) is 4.42. The van der Waals surface area contributed by atoms with Crippen molar-refractivity contribution in [3.63, 3.8) is 0 Å². The van der Waals surface area contributed by atoms with Gasteiger partial charge in [-0.15, -0.1) is 0 Å². The van der Waals surface area contributed by atoms with Crippen molar-refractivity contribution in [1.82, 2.24) is 9.88 Å². The van der Waals surface area contributed by atoms with Crippen LogP contribution in [0.4, 0.5) is 10.6 Å². The Labute approximate surface area is 199 Å². The minimum Gasteiger partial charge on any atom is -0.410 e. The number of rotatable bonds is 6. The Kier molecular flexibility index (Phi) is 6.54. The summed E-state index contributed by atoms with van der Waals surface area (Å²) in [6.07, 6.45) is 1.74. The van der Waals surface area contributed by atoms with Crippen molar-refractivity contribution >= 4 is 11.9 Å². The molecule has 0 bridgehead atoms. The Morgan fingerprint density at radius 3 is 2.74 bits per heavy atom. The number of pyridine rings is 1. The summed E-state index contributed by atoms with van der Waals surface area (Å²) in [5, 5.41) is 10.7. The number of carbonyl (C=O) groups is 1. The van der Waals surface area contributed by atoms with Gasteiger partial charge in [-0.1, -0.05) is 18.2 Å². The Bertz CT molecular complexity index is 1020. The number of methoxy groups -OCH3 is 2. The zero-order chi connectivity index (χ0) is 23.7. The summed E-state index contributed by atoms with van der Waals surface area (Å²) < 4.78 is 22.3. The molecule has 5 rings (SSSR count). The third-order valence-electron chi connectivity index (χ3n) is 6.87. The summed E-state index contributed by atoms with van der Waals surface area (Å²) in [6.45, 7) is 1.92. The summed E-state index contributed by atoms with van der Waals surface area (Å²) >= 11 is 0. The molecule has 1 N–H and O–H groups in total. The van der Waals surface area contributed by atoms with Gasteiger partial charge in [0, 0.05) is 32.8 Å². The number of morpholine rings is 1. The van der Waals surface area contributed by atoms with Crippen molar-refractivity contribution in [3.05, 3.63) is 53.2 Å². The summed E-state index contributed by atoms with van der Waals surface area (Å²) in [5.41, 5.74) is 2.36. The molecule has 1 aromatic carbocycles. The Morgan fingerprint density at radius 1 is 1.26 bits per heavy atom. The third-order valence-corrected chi connectivity index (χ3v) is 6.87. The Hall–Kier alpha value is -2.56. The van der Waals surface area contributed by atoms with Gasteiger partial charge in [-0.3, -0.25) is 9.80 Å². The second-order valence-corrected chi connectivity index (χ2v) is 9.10. The van der Waals surface area contributed by atoms with E-state index in [0.29, 0.717) is 37.0 Å². The summed E-state index contributed by atoms with van der Waals surface area (Å²) in [6, 6.07) is 11.1. The van der Waals surface area contributed by atoms with E-state index < -0.39 is 18.6 Å². The lowest BCUT2D eigenvalue weighted by atomic mass is 10.0. The molecule has 9 nitrogen and oxygen atoms in total. The van der Waals surface area contributed by atoms with E-state index in [-0.39, 0.29) is 12.1 Å². The lowest BCUT2D eigenvalue weighted by molar-refractivity contribution is -0.150. The number of aliphatic hydroxyl groups excluding tert-OH is 1. The van der Waals surface area contributed by atoms with Crippen molar-refractivity contribution in [1.29, 1.82) is 0 Å². The molecule has 182 valence electrons. The molecule has 2 aromatic rings. The van der Waals surface area contributed by atoms with Gasteiger partial charge in [-0.2, -0.15) is 0 Å². The van der Waals surface area contributed by atoms with Gasteiger partial charge in [-0.25, -0.2) is 9.78 Å². The molecule has 1 amide bonds. The second-order valence-electron chi connectivity index (χ2n) is 9.10. The number of hydrogen-bond donors (Lipinski definition) is 1. The Morgan fingerprint density at radius 2 is 2.03 bits per heavy atom. The number of anilines is 1. The van der Waals surface area contributed by atoms with Crippen molar-refractivity contribution < 1.29 is 28.8 Å². The highest BCUT2D eigenvalue weighted by Gasteiger charge is 2.53. The SMILES string of the molecule is COC(OC)c1nc2c(cc1CN1C(O)COCC13CC3)CCCN2C(=O)Oc1ccccc1. The molecule has 0 radical (unpaired) electrons. The van der Waals surface area contributed by atoms with E-state index in [1.165, 1.54) is 0 Å². The van der Waals surface area contributed by atoms with E-state index in [1.807, 2.05) is 18.2 Å². The standard InChI is InChI=1S/C25H31N3O6/c1-31-23(32-2)21-18(14-28-20(29)15-33-16-25(28)10-11-25)13-17-7-6-12-27(22(17)26-21)24(30)34-19-8-4-3-5-9-19/h3-5,8-9,13,20,23,29H,6-7,10-12,14-16H2,1-2H3. The zero-order valence-electron chi connectivity index (χ0n) is 19.6.